The van der Waals surface area contributed by atoms with E-state index in [0.29, 0.717) is 16.6 Å². The molecule has 2 aromatic carbocycles. The van der Waals surface area contributed by atoms with Gasteiger partial charge in [-0.2, -0.15) is 0 Å². The van der Waals surface area contributed by atoms with E-state index in [4.69, 9.17) is 9.47 Å². The number of aromatic nitrogens is 1. The number of aryl methyl sites for hydroxylation is 1. The Hall–Kier alpha value is -2.86. The molecule has 1 N–H and O–H groups in total. The molecule has 1 aliphatic heterocycles. The third-order valence-electron chi connectivity index (χ3n) is 4.38. The van der Waals surface area contributed by atoms with Crippen LogP contribution in [0.4, 0.5) is 5.13 Å². The number of carbonyl (C=O) groups is 1. The number of thiazole rings is 1. The van der Waals surface area contributed by atoms with Gasteiger partial charge >= 0.3 is 0 Å². The molecular formula is C21H20N2O3S. The summed E-state index contributed by atoms with van der Waals surface area (Å²) in [5, 5.41) is 3.42. The molecule has 2 atom stereocenters. The van der Waals surface area contributed by atoms with Crippen molar-refractivity contribution in [1.82, 2.24) is 4.98 Å². The quantitative estimate of drug-likeness (QED) is 0.737. The van der Waals surface area contributed by atoms with Crippen LogP contribution < -0.4 is 14.8 Å². The summed E-state index contributed by atoms with van der Waals surface area (Å²) in [6.45, 7) is 3.89. The molecule has 0 bridgehead atoms. The van der Waals surface area contributed by atoms with Gasteiger partial charge in [-0.1, -0.05) is 42.0 Å². The Morgan fingerprint density at radius 3 is 2.56 bits per heavy atom. The first-order valence-electron chi connectivity index (χ1n) is 8.82. The van der Waals surface area contributed by atoms with Gasteiger partial charge in [0.15, 0.2) is 16.6 Å². The number of hydrogen-bond acceptors (Lipinski definition) is 5. The predicted octanol–water partition coefficient (Wildman–Crippen LogP) is 4.21. The van der Waals surface area contributed by atoms with E-state index >= 15 is 0 Å². The number of carbonyl (C=O) groups excluding carboxylic acids is 1. The van der Waals surface area contributed by atoms with Crippen molar-refractivity contribution < 1.29 is 14.3 Å². The van der Waals surface area contributed by atoms with Crippen molar-refractivity contribution in [3.8, 4) is 11.5 Å². The number of anilines is 1. The van der Waals surface area contributed by atoms with E-state index in [1.54, 1.807) is 12.3 Å². The van der Waals surface area contributed by atoms with Crippen LogP contribution in [0.15, 0.2) is 54.7 Å². The van der Waals surface area contributed by atoms with E-state index in [9.17, 15) is 4.79 Å². The van der Waals surface area contributed by atoms with Crippen LogP contribution >= 0.6 is 11.3 Å². The van der Waals surface area contributed by atoms with E-state index in [-0.39, 0.29) is 12.0 Å². The molecular weight excluding hydrogens is 360 g/mol. The maximum atomic E-state index is 12.6. The second kappa shape index (κ2) is 7.40. The highest BCUT2D eigenvalue weighted by atomic mass is 32.1. The number of fused-ring (bicyclic) bond motifs is 1. The summed E-state index contributed by atoms with van der Waals surface area (Å²) in [6.07, 6.45) is 1.49. The minimum absolute atomic E-state index is 0.256. The third-order valence-corrected chi connectivity index (χ3v) is 5.30. The van der Waals surface area contributed by atoms with Gasteiger partial charge in [-0.05, 0) is 31.5 Å². The van der Waals surface area contributed by atoms with Gasteiger partial charge < -0.3 is 9.47 Å². The Kier molecular flexibility index (Phi) is 4.81. The van der Waals surface area contributed by atoms with Gasteiger partial charge in [0.1, 0.15) is 6.10 Å². The van der Waals surface area contributed by atoms with Crippen molar-refractivity contribution >= 4 is 22.4 Å². The lowest BCUT2D eigenvalue weighted by Gasteiger charge is -2.30. The molecule has 2 heterocycles. The van der Waals surface area contributed by atoms with Crippen molar-refractivity contribution in [3.05, 3.63) is 70.7 Å². The second-order valence-corrected chi connectivity index (χ2v) is 7.71. The minimum Gasteiger partial charge on any atom is -0.482 e. The molecule has 27 heavy (non-hydrogen) atoms. The highest BCUT2D eigenvalue weighted by molar-refractivity contribution is 7.15. The van der Waals surface area contributed by atoms with Crippen LogP contribution in [0.3, 0.4) is 0 Å². The first-order chi connectivity index (χ1) is 13.1. The molecule has 0 spiro atoms. The van der Waals surface area contributed by atoms with Gasteiger partial charge in [-0.15, -0.1) is 11.3 Å². The molecule has 0 radical (unpaired) electrons. The van der Waals surface area contributed by atoms with Crippen LogP contribution in [-0.2, 0) is 11.2 Å². The van der Waals surface area contributed by atoms with E-state index in [1.807, 2.05) is 25.1 Å². The minimum atomic E-state index is -0.718. The number of ether oxygens (including phenoxy) is 2. The van der Waals surface area contributed by atoms with Gasteiger partial charge in [0.2, 0.25) is 6.10 Å². The lowest BCUT2D eigenvalue weighted by Crippen LogP contribution is -2.46. The van der Waals surface area contributed by atoms with E-state index in [2.05, 4.69) is 41.5 Å². The molecule has 0 fully saturated rings. The Bertz CT molecular complexity index is 952. The smallest absolute Gasteiger partial charge is 0.271 e. The number of para-hydroxylation sites is 2. The summed E-state index contributed by atoms with van der Waals surface area (Å²) in [5.74, 6) is 0.979. The van der Waals surface area contributed by atoms with Crippen molar-refractivity contribution in [3.63, 3.8) is 0 Å². The normalized spacial score (nSPS) is 18.1. The fourth-order valence-corrected chi connectivity index (χ4v) is 3.79. The van der Waals surface area contributed by atoms with Gasteiger partial charge in [0.05, 0.1) is 0 Å². The molecule has 0 saturated heterocycles. The SMILES string of the molecule is Cc1ccc(Cc2cnc(NC(=O)C3Oc4ccccc4OC3C)s2)cc1. The van der Waals surface area contributed by atoms with Crippen molar-refractivity contribution in [2.45, 2.75) is 32.5 Å². The van der Waals surface area contributed by atoms with Crippen molar-refractivity contribution in [1.29, 1.82) is 0 Å². The Morgan fingerprint density at radius 2 is 1.81 bits per heavy atom. The molecule has 1 aliphatic rings. The van der Waals surface area contributed by atoms with Crippen molar-refractivity contribution in [2.75, 3.05) is 5.32 Å². The van der Waals surface area contributed by atoms with E-state index < -0.39 is 6.10 Å². The molecule has 3 aromatic rings. The summed E-state index contributed by atoms with van der Waals surface area (Å²) < 4.78 is 11.6. The fraction of sp³-hybridized carbons (Fsp3) is 0.238. The van der Waals surface area contributed by atoms with Crippen LogP contribution in [0.5, 0.6) is 11.5 Å². The molecule has 1 amide bonds. The molecule has 4 rings (SSSR count). The van der Waals surface area contributed by atoms with Crippen LogP contribution in [0.2, 0.25) is 0 Å². The highest BCUT2D eigenvalue weighted by Gasteiger charge is 2.34. The number of nitrogens with one attached hydrogen (secondary N) is 1. The Labute approximate surface area is 162 Å². The number of hydrogen-bond donors (Lipinski definition) is 1. The summed E-state index contributed by atoms with van der Waals surface area (Å²) in [6, 6.07) is 15.8. The van der Waals surface area contributed by atoms with Gasteiger partial charge in [-0.3, -0.25) is 10.1 Å². The van der Waals surface area contributed by atoms with Crippen molar-refractivity contribution in [2.24, 2.45) is 0 Å². The second-order valence-electron chi connectivity index (χ2n) is 6.59. The molecule has 0 aliphatic carbocycles. The highest BCUT2D eigenvalue weighted by Crippen LogP contribution is 2.34. The molecule has 6 heteroatoms. The van der Waals surface area contributed by atoms with Gasteiger partial charge in [-0.25, -0.2) is 4.98 Å². The molecule has 0 saturated carbocycles. The third kappa shape index (κ3) is 3.95. The first kappa shape index (κ1) is 17.5. The average molecular weight is 380 g/mol. The number of nitrogens with zero attached hydrogens (tertiary/aromatic N) is 1. The first-order valence-corrected chi connectivity index (χ1v) is 9.63. The van der Waals surface area contributed by atoms with Gasteiger partial charge in [0.25, 0.3) is 5.91 Å². The lowest BCUT2D eigenvalue weighted by atomic mass is 10.1. The Balaban J connectivity index is 1.41. The summed E-state index contributed by atoms with van der Waals surface area (Å²) >= 11 is 1.47. The lowest BCUT2D eigenvalue weighted by molar-refractivity contribution is -0.128. The average Bonchev–Trinajstić information content (AvgIpc) is 3.09. The van der Waals surface area contributed by atoms with Crippen LogP contribution in [0, 0.1) is 6.92 Å². The van der Waals surface area contributed by atoms with Crippen LogP contribution in [-0.4, -0.2) is 23.1 Å². The molecule has 1 aromatic heterocycles. The van der Waals surface area contributed by atoms with E-state index in [0.717, 1.165) is 11.3 Å². The molecule has 5 nitrogen and oxygen atoms in total. The topological polar surface area (TPSA) is 60.5 Å². The largest absolute Gasteiger partial charge is 0.482 e. The standard InChI is InChI=1S/C21H20N2O3S/c1-13-7-9-15(10-8-13)11-16-12-22-21(27-16)23-20(24)19-14(2)25-17-5-3-4-6-18(17)26-19/h3-10,12,14,19H,11H2,1-2H3,(H,22,23,24). The fourth-order valence-electron chi connectivity index (χ4n) is 2.94. The molecule has 2 unspecified atom stereocenters. The van der Waals surface area contributed by atoms with Gasteiger partial charge in [0, 0.05) is 17.5 Å². The zero-order chi connectivity index (χ0) is 18.8. The zero-order valence-electron chi connectivity index (χ0n) is 15.1. The molecule has 138 valence electrons. The number of benzene rings is 2. The summed E-state index contributed by atoms with van der Waals surface area (Å²) in [7, 11) is 0. The zero-order valence-corrected chi connectivity index (χ0v) is 16.0. The summed E-state index contributed by atoms with van der Waals surface area (Å²) in [5.41, 5.74) is 2.46. The van der Waals surface area contributed by atoms with Crippen LogP contribution in [0.25, 0.3) is 0 Å². The monoisotopic (exact) mass is 380 g/mol. The maximum absolute atomic E-state index is 12.6. The number of amides is 1. The number of rotatable bonds is 4. The van der Waals surface area contributed by atoms with E-state index in [1.165, 1.54) is 22.5 Å². The maximum Gasteiger partial charge on any atom is 0.271 e. The predicted molar refractivity (Wildman–Crippen MR) is 106 cm³/mol. The van der Waals surface area contributed by atoms with Crippen LogP contribution in [0.1, 0.15) is 22.9 Å². The summed E-state index contributed by atoms with van der Waals surface area (Å²) in [4.78, 5) is 18.1. The Morgan fingerprint density at radius 1 is 1.11 bits per heavy atom.